The minimum atomic E-state index is -0.723. The summed E-state index contributed by atoms with van der Waals surface area (Å²) in [5.41, 5.74) is 0.246. The molecule has 0 aliphatic heterocycles. The van der Waals surface area contributed by atoms with E-state index in [0.29, 0.717) is 6.54 Å². The van der Waals surface area contributed by atoms with Crippen molar-refractivity contribution in [1.29, 1.82) is 0 Å². The molecule has 3 nitrogen and oxygen atoms in total. The van der Waals surface area contributed by atoms with Gasteiger partial charge in [0.05, 0.1) is 5.60 Å². The zero-order valence-corrected chi connectivity index (χ0v) is 12.8. The third kappa shape index (κ3) is 4.50. The Morgan fingerprint density at radius 2 is 1.57 bits per heavy atom. The van der Waals surface area contributed by atoms with E-state index in [1.165, 1.54) is 0 Å². The average molecular weight is 285 g/mol. The highest BCUT2D eigenvalue weighted by Crippen LogP contribution is 2.23. The van der Waals surface area contributed by atoms with E-state index < -0.39 is 5.60 Å². The number of hydrogen-bond acceptors (Lipinski definition) is 3. The van der Waals surface area contributed by atoms with Crippen LogP contribution in [-0.4, -0.2) is 17.3 Å². The van der Waals surface area contributed by atoms with Gasteiger partial charge in [0.15, 0.2) is 0 Å². The molecule has 1 unspecified atom stereocenters. The van der Waals surface area contributed by atoms with Crippen LogP contribution in [-0.2, 0) is 0 Å². The average Bonchev–Trinajstić information content (AvgIpc) is 2.47. The van der Waals surface area contributed by atoms with Crippen molar-refractivity contribution in [3.05, 3.63) is 54.6 Å². The molecule has 2 aromatic carbocycles. The lowest BCUT2D eigenvalue weighted by atomic mass is 9.92. The molecule has 0 saturated carbocycles. The van der Waals surface area contributed by atoms with Gasteiger partial charge in [-0.3, -0.25) is 0 Å². The molecule has 0 amide bonds. The van der Waals surface area contributed by atoms with Crippen molar-refractivity contribution in [1.82, 2.24) is 0 Å². The van der Waals surface area contributed by atoms with Crippen molar-refractivity contribution in [3.63, 3.8) is 0 Å². The molecule has 1 atom stereocenters. The Kier molecular flexibility index (Phi) is 4.86. The summed E-state index contributed by atoms with van der Waals surface area (Å²) in [6.45, 7) is 6.39. The third-order valence-electron chi connectivity index (χ3n) is 3.73. The summed E-state index contributed by atoms with van der Waals surface area (Å²) >= 11 is 0. The maximum atomic E-state index is 10.2. The van der Waals surface area contributed by atoms with Gasteiger partial charge in [-0.1, -0.05) is 32.0 Å². The number of para-hydroxylation sites is 1. The summed E-state index contributed by atoms with van der Waals surface area (Å²) in [7, 11) is 0. The molecule has 112 valence electrons. The Morgan fingerprint density at radius 1 is 1.00 bits per heavy atom. The van der Waals surface area contributed by atoms with Crippen LogP contribution in [0.5, 0.6) is 11.5 Å². The second-order valence-corrected chi connectivity index (χ2v) is 5.80. The summed E-state index contributed by atoms with van der Waals surface area (Å²) in [6.07, 6.45) is 0. The molecule has 0 radical (unpaired) electrons. The fraction of sp³-hybridized carbons (Fsp3) is 0.333. The minimum Gasteiger partial charge on any atom is -0.457 e. The van der Waals surface area contributed by atoms with E-state index in [-0.39, 0.29) is 5.92 Å². The summed E-state index contributed by atoms with van der Waals surface area (Å²) < 4.78 is 5.74. The highest BCUT2D eigenvalue weighted by Gasteiger charge is 2.24. The summed E-state index contributed by atoms with van der Waals surface area (Å²) in [6, 6.07) is 17.4. The number of benzene rings is 2. The summed E-state index contributed by atoms with van der Waals surface area (Å²) in [5.74, 6) is 1.81. The smallest absolute Gasteiger partial charge is 0.127 e. The molecule has 0 fully saturated rings. The zero-order valence-electron chi connectivity index (χ0n) is 12.8. The lowest BCUT2D eigenvalue weighted by Gasteiger charge is -2.28. The number of nitrogens with one attached hydrogen (secondary N) is 1. The zero-order chi connectivity index (χ0) is 15.3. The van der Waals surface area contributed by atoms with Gasteiger partial charge in [-0.05, 0) is 49.2 Å². The Morgan fingerprint density at radius 3 is 2.14 bits per heavy atom. The molecule has 2 N–H and O–H groups in total. The van der Waals surface area contributed by atoms with E-state index in [2.05, 4.69) is 5.32 Å². The van der Waals surface area contributed by atoms with Gasteiger partial charge < -0.3 is 15.2 Å². The number of ether oxygens (including phenoxy) is 1. The molecule has 0 saturated heterocycles. The largest absolute Gasteiger partial charge is 0.457 e. The standard InChI is InChI=1S/C18H23NO2/c1-14(2)18(3,20)13-19-15-9-11-17(12-10-15)21-16-7-5-4-6-8-16/h4-12,14,19-20H,13H2,1-3H3. The molecular formula is C18H23NO2. The molecule has 0 aromatic heterocycles. The lowest BCUT2D eigenvalue weighted by Crippen LogP contribution is -2.38. The molecule has 0 aliphatic carbocycles. The Balaban J connectivity index is 1.93. The first-order chi connectivity index (χ1) is 9.97. The second kappa shape index (κ2) is 6.64. The van der Waals surface area contributed by atoms with Crippen LogP contribution < -0.4 is 10.1 Å². The maximum Gasteiger partial charge on any atom is 0.127 e. The van der Waals surface area contributed by atoms with E-state index in [4.69, 9.17) is 4.74 Å². The van der Waals surface area contributed by atoms with Gasteiger partial charge in [0.1, 0.15) is 11.5 Å². The van der Waals surface area contributed by atoms with Crippen molar-refractivity contribution in [3.8, 4) is 11.5 Å². The molecule has 3 heteroatoms. The monoisotopic (exact) mass is 285 g/mol. The van der Waals surface area contributed by atoms with Crippen LogP contribution in [0.15, 0.2) is 54.6 Å². The van der Waals surface area contributed by atoms with E-state index in [9.17, 15) is 5.11 Å². The first kappa shape index (κ1) is 15.4. The molecule has 0 heterocycles. The number of rotatable bonds is 6. The van der Waals surface area contributed by atoms with Crippen LogP contribution in [0.4, 0.5) is 5.69 Å². The number of aliphatic hydroxyl groups is 1. The highest BCUT2D eigenvalue weighted by atomic mass is 16.5. The van der Waals surface area contributed by atoms with E-state index in [0.717, 1.165) is 17.2 Å². The van der Waals surface area contributed by atoms with Gasteiger partial charge in [0, 0.05) is 12.2 Å². The van der Waals surface area contributed by atoms with Gasteiger partial charge in [-0.2, -0.15) is 0 Å². The van der Waals surface area contributed by atoms with Crippen LogP contribution in [0.2, 0.25) is 0 Å². The van der Waals surface area contributed by atoms with E-state index >= 15 is 0 Å². The normalized spacial score (nSPS) is 13.8. The van der Waals surface area contributed by atoms with Crippen molar-refractivity contribution >= 4 is 5.69 Å². The summed E-state index contributed by atoms with van der Waals surface area (Å²) in [5, 5.41) is 13.5. The molecule has 2 aromatic rings. The van der Waals surface area contributed by atoms with Crippen LogP contribution in [0, 0.1) is 5.92 Å². The predicted octanol–water partition coefficient (Wildman–Crippen LogP) is 4.30. The SMILES string of the molecule is CC(C)C(C)(O)CNc1ccc(Oc2ccccc2)cc1. The van der Waals surface area contributed by atoms with Crippen LogP contribution >= 0.6 is 0 Å². The Labute approximate surface area is 126 Å². The second-order valence-electron chi connectivity index (χ2n) is 5.80. The topological polar surface area (TPSA) is 41.5 Å². The van der Waals surface area contributed by atoms with Gasteiger partial charge in [0.25, 0.3) is 0 Å². The van der Waals surface area contributed by atoms with E-state index in [1.54, 1.807) is 0 Å². The number of anilines is 1. The Bertz CT molecular complexity index is 547. The maximum absolute atomic E-state index is 10.2. The fourth-order valence-electron chi connectivity index (χ4n) is 1.75. The van der Waals surface area contributed by atoms with Crippen LogP contribution in [0.25, 0.3) is 0 Å². The van der Waals surface area contributed by atoms with Crippen molar-refractivity contribution < 1.29 is 9.84 Å². The first-order valence-electron chi connectivity index (χ1n) is 7.26. The van der Waals surface area contributed by atoms with Gasteiger partial charge >= 0.3 is 0 Å². The molecule has 0 bridgehead atoms. The van der Waals surface area contributed by atoms with Gasteiger partial charge in [-0.15, -0.1) is 0 Å². The van der Waals surface area contributed by atoms with Crippen LogP contribution in [0.1, 0.15) is 20.8 Å². The molecule has 0 spiro atoms. The van der Waals surface area contributed by atoms with Crippen molar-refractivity contribution in [2.24, 2.45) is 5.92 Å². The lowest BCUT2D eigenvalue weighted by molar-refractivity contribution is 0.0266. The molecule has 2 rings (SSSR count). The third-order valence-corrected chi connectivity index (χ3v) is 3.73. The highest BCUT2D eigenvalue weighted by molar-refractivity contribution is 5.47. The van der Waals surface area contributed by atoms with Gasteiger partial charge in [0.2, 0.25) is 0 Å². The van der Waals surface area contributed by atoms with E-state index in [1.807, 2.05) is 75.4 Å². The van der Waals surface area contributed by atoms with Crippen molar-refractivity contribution in [2.75, 3.05) is 11.9 Å². The number of hydrogen-bond donors (Lipinski definition) is 2. The molecule has 21 heavy (non-hydrogen) atoms. The quantitative estimate of drug-likeness (QED) is 0.831. The van der Waals surface area contributed by atoms with Crippen molar-refractivity contribution in [2.45, 2.75) is 26.4 Å². The molecular weight excluding hydrogens is 262 g/mol. The summed E-state index contributed by atoms with van der Waals surface area (Å²) in [4.78, 5) is 0. The fourth-order valence-corrected chi connectivity index (χ4v) is 1.75. The Hall–Kier alpha value is -2.00. The van der Waals surface area contributed by atoms with Gasteiger partial charge in [-0.25, -0.2) is 0 Å². The predicted molar refractivity (Wildman–Crippen MR) is 86.9 cm³/mol. The molecule has 0 aliphatic rings. The van der Waals surface area contributed by atoms with Crippen LogP contribution in [0.3, 0.4) is 0 Å². The first-order valence-corrected chi connectivity index (χ1v) is 7.26. The minimum absolute atomic E-state index is 0.200.